The number of hydrogen-bond acceptors (Lipinski definition) is 3. The summed E-state index contributed by atoms with van der Waals surface area (Å²) >= 11 is 1.37. The maximum Gasteiger partial charge on any atom is 0.256 e. The first kappa shape index (κ1) is 17.5. The van der Waals surface area contributed by atoms with Gasteiger partial charge in [0, 0.05) is 23.7 Å². The number of likely N-dealkylation sites (tertiary alicyclic amines) is 1. The van der Waals surface area contributed by atoms with Crippen LogP contribution in [0.25, 0.3) is 0 Å². The van der Waals surface area contributed by atoms with E-state index >= 15 is 0 Å². The fourth-order valence-electron chi connectivity index (χ4n) is 2.71. The summed E-state index contributed by atoms with van der Waals surface area (Å²) in [4.78, 5) is 27.3. The van der Waals surface area contributed by atoms with Crippen molar-refractivity contribution >= 4 is 29.3 Å². The molecule has 25 heavy (non-hydrogen) atoms. The highest BCUT2D eigenvalue weighted by atomic mass is 32.2. The van der Waals surface area contributed by atoms with Crippen LogP contribution in [-0.2, 0) is 4.79 Å². The van der Waals surface area contributed by atoms with Gasteiger partial charge in [-0.25, -0.2) is 4.39 Å². The fourth-order valence-corrected chi connectivity index (χ4v) is 3.66. The number of thioether (sulfide) groups is 1. The Kier molecular flexibility index (Phi) is 5.71. The molecule has 0 bridgehead atoms. The normalized spacial score (nSPS) is 13.7. The number of anilines is 1. The lowest BCUT2D eigenvalue weighted by molar-refractivity contribution is -0.127. The molecule has 1 aliphatic rings. The number of carbonyl (C=O) groups excluding carboxylic acids is 2. The van der Waals surface area contributed by atoms with Crippen molar-refractivity contribution in [1.29, 1.82) is 0 Å². The molecule has 0 unspecified atom stereocenters. The first-order chi connectivity index (χ1) is 12.1. The van der Waals surface area contributed by atoms with Crippen LogP contribution >= 0.6 is 11.8 Å². The Balaban J connectivity index is 1.66. The molecule has 2 aromatic carbocycles. The maximum atomic E-state index is 13.0. The summed E-state index contributed by atoms with van der Waals surface area (Å²) in [6, 6.07) is 12.8. The Morgan fingerprint density at radius 3 is 2.44 bits per heavy atom. The van der Waals surface area contributed by atoms with Gasteiger partial charge in [-0.1, -0.05) is 12.1 Å². The third-order valence-electron chi connectivity index (χ3n) is 4.04. The predicted octanol–water partition coefficient (Wildman–Crippen LogP) is 3.79. The van der Waals surface area contributed by atoms with Crippen LogP contribution in [0.2, 0.25) is 0 Å². The third kappa shape index (κ3) is 4.60. The first-order valence-electron chi connectivity index (χ1n) is 8.20. The second-order valence-corrected chi connectivity index (χ2v) is 6.85. The number of halogens is 1. The smallest absolute Gasteiger partial charge is 0.256 e. The van der Waals surface area contributed by atoms with Crippen LogP contribution in [0.4, 0.5) is 10.1 Å². The number of carbonyl (C=O) groups is 2. The summed E-state index contributed by atoms with van der Waals surface area (Å²) in [7, 11) is 0. The maximum absolute atomic E-state index is 13.0. The van der Waals surface area contributed by atoms with Gasteiger partial charge in [0.15, 0.2) is 0 Å². The van der Waals surface area contributed by atoms with E-state index in [0.29, 0.717) is 17.0 Å². The summed E-state index contributed by atoms with van der Waals surface area (Å²) in [6.07, 6.45) is 2.13. The molecular formula is C19H19FN2O2S. The number of amides is 2. The summed E-state index contributed by atoms with van der Waals surface area (Å²) in [5.41, 5.74) is 1.03. The van der Waals surface area contributed by atoms with Gasteiger partial charge in [-0.15, -0.1) is 11.8 Å². The number of benzene rings is 2. The second kappa shape index (κ2) is 8.16. The van der Waals surface area contributed by atoms with E-state index < -0.39 is 0 Å². The minimum absolute atomic E-state index is 0.108. The quantitative estimate of drug-likeness (QED) is 0.827. The molecule has 6 heteroatoms. The van der Waals surface area contributed by atoms with Gasteiger partial charge in [-0.3, -0.25) is 9.59 Å². The van der Waals surface area contributed by atoms with Gasteiger partial charge >= 0.3 is 0 Å². The third-order valence-corrected chi connectivity index (χ3v) is 5.10. The summed E-state index contributed by atoms with van der Waals surface area (Å²) < 4.78 is 13.0. The van der Waals surface area contributed by atoms with Crippen molar-refractivity contribution in [3.05, 3.63) is 59.9 Å². The Bertz CT molecular complexity index is 758. The van der Waals surface area contributed by atoms with Crippen molar-refractivity contribution in [2.24, 2.45) is 0 Å². The van der Waals surface area contributed by atoms with Gasteiger partial charge in [0.05, 0.1) is 11.3 Å². The molecule has 1 aliphatic heterocycles. The molecule has 2 amide bonds. The Morgan fingerprint density at radius 1 is 1.04 bits per heavy atom. The minimum Gasteiger partial charge on any atom is -0.342 e. The number of rotatable bonds is 5. The van der Waals surface area contributed by atoms with Crippen LogP contribution in [0.15, 0.2) is 53.4 Å². The molecule has 0 spiro atoms. The zero-order chi connectivity index (χ0) is 17.6. The molecule has 2 aromatic rings. The van der Waals surface area contributed by atoms with Crippen molar-refractivity contribution in [3.63, 3.8) is 0 Å². The van der Waals surface area contributed by atoms with E-state index in [1.54, 1.807) is 12.1 Å². The molecule has 0 saturated carbocycles. The molecule has 0 aromatic heterocycles. The molecule has 1 N–H and O–H groups in total. The standard InChI is InChI=1S/C19H19FN2O2S/c20-14-7-9-15(10-8-14)21-19(24)16-5-1-2-6-17(16)25-13-18(23)22-11-3-4-12-22/h1-2,5-10H,3-4,11-13H2,(H,21,24). The van der Waals surface area contributed by atoms with Crippen molar-refractivity contribution < 1.29 is 14.0 Å². The van der Waals surface area contributed by atoms with Gasteiger partial charge in [-0.05, 0) is 49.2 Å². The van der Waals surface area contributed by atoms with E-state index in [9.17, 15) is 14.0 Å². The lowest BCUT2D eigenvalue weighted by Crippen LogP contribution is -2.29. The molecule has 1 fully saturated rings. The number of hydrogen-bond donors (Lipinski definition) is 1. The monoisotopic (exact) mass is 358 g/mol. The highest BCUT2D eigenvalue weighted by Crippen LogP contribution is 2.24. The molecule has 1 saturated heterocycles. The predicted molar refractivity (Wildman–Crippen MR) is 97.3 cm³/mol. The van der Waals surface area contributed by atoms with Crippen LogP contribution < -0.4 is 5.32 Å². The fraction of sp³-hybridized carbons (Fsp3) is 0.263. The van der Waals surface area contributed by atoms with Gasteiger partial charge in [0.1, 0.15) is 5.82 Å². The Hall–Kier alpha value is -2.34. The number of nitrogens with zero attached hydrogens (tertiary/aromatic N) is 1. The number of nitrogens with one attached hydrogen (secondary N) is 1. The first-order valence-corrected chi connectivity index (χ1v) is 9.18. The van der Waals surface area contributed by atoms with Crippen LogP contribution in [-0.4, -0.2) is 35.6 Å². The van der Waals surface area contributed by atoms with E-state index in [4.69, 9.17) is 0 Å². The molecule has 0 atom stereocenters. The molecule has 4 nitrogen and oxygen atoms in total. The Morgan fingerprint density at radius 2 is 1.72 bits per heavy atom. The van der Waals surface area contributed by atoms with Crippen molar-refractivity contribution in [3.8, 4) is 0 Å². The SMILES string of the molecule is O=C(Nc1ccc(F)cc1)c1ccccc1SCC(=O)N1CCCC1. The minimum atomic E-state index is -0.352. The lowest BCUT2D eigenvalue weighted by atomic mass is 10.2. The van der Waals surface area contributed by atoms with Crippen LogP contribution in [0.5, 0.6) is 0 Å². The average molecular weight is 358 g/mol. The largest absolute Gasteiger partial charge is 0.342 e. The second-order valence-electron chi connectivity index (χ2n) is 5.83. The van der Waals surface area contributed by atoms with Crippen molar-refractivity contribution in [2.45, 2.75) is 17.7 Å². The van der Waals surface area contributed by atoms with Crippen LogP contribution in [0.3, 0.4) is 0 Å². The molecule has 0 aliphatic carbocycles. The van der Waals surface area contributed by atoms with Gasteiger partial charge in [-0.2, -0.15) is 0 Å². The summed E-state index contributed by atoms with van der Waals surface area (Å²) in [5, 5.41) is 2.75. The van der Waals surface area contributed by atoms with Gasteiger partial charge in [0.2, 0.25) is 5.91 Å². The topological polar surface area (TPSA) is 49.4 Å². The molecule has 1 heterocycles. The van der Waals surface area contributed by atoms with E-state index in [2.05, 4.69) is 5.32 Å². The highest BCUT2D eigenvalue weighted by Gasteiger charge is 2.19. The van der Waals surface area contributed by atoms with Gasteiger partial charge in [0.25, 0.3) is 5.91 Å². The summed E-state index contributed by atoms with van der Waals surface area (Å²) in [5.74, 6) is -0.199. The zero-order valence-electron chi connectivity index (χ0n) is 13.7. The lowest BCUT2D eigenvalue weighted by Gasteiger charge is -2.15. The highest BCUT2D eigenvalue weighted by molar-refractivity contribution is 8.00. The van der Waals surface area contributed by atoms with Crippen molar-refractivity contribution in [1.82, 2.24) is 4.90 Å². The van der Waals surface area contributed by atoms with E-state index in [1.165, 1.54) is 36.0 Å². The summed E-state index contributed by atoms with van der Waals surface area (Å²) in [6.45, 7) is 1.65. The van der Waals surface area contributed by atoms with Crippen molar-refractivity contribution in [2.75, 3.05) is 24.2 Å². The molecule has 0 radical (unpaired) electrons. The van der Waals surface area contributed by atoms with E-state index in [1.807, 2.05) is 17.0 Å². The average Bonchev–Trinajstić information content (AvgIpc) is 3.16. The van der Waals surface area contributed by atoms with Gasteiger partial charge < -0.3 is 10.2 Å². The Labute approximate surface area is 150 Å². The molecule has 130 valence electrons. The zero-order valence-corrected chi connectivity index (χ0v) is 14.5. The molecular weight excluding hydrogens is 339 g/mol. The van der Waals surface area contributed by atoms with Crippen LogP contribution in [0, 0.1) is 5.82 Å². The van der Waals surface area contributed by atoms with E-state index in [-0.39, 0.29) is 17.6 Å². The molecule has 3 rings (SSSR count). The van der Waals surface area contributed by atoms with Crippen LogP contribution in [0.1, 0.15) is 23.2 Å². The van der Waals surface area contributed by atoms with E-state index in [0.717, 1.165) is 30.8 Å².